The van der Waals surface area contributed by atoms with E-state index in [2.05, 4.69) is 19.9 Å². The summed E-state index contributed by atoms with van der Waals surface area (Å²) in [7, 11) is -4.50. The number of primary amides is 1. The Morgan fingerprint density at radius 3 is 2.39 bits per heavy atom. The summed E-state index contributed by atoms with van der Waals surface area (Å²) < 4.78 is 75.8. The molecule has 1 aliphatic carbocycles. The number of alkyl halides is 3. The molecule has 0 unspecified atom stereocenters. The van der Waals surface area contributed by atoms with E-state index in [1.807, 2.05) is 5.43 Å². The molecule has 1 aromatic rings. The van der Waals surface area contributed by atoms with Crippen molar-refractivity contribution in [1.29, 1.82) is 0 Å². The Balaban J connectivity index is 2.31. The molecule has 2 atom stereocenters. The van der Waals surface area contributed by atoms with Gasteiger partial charge in [0.1, 0.15) is 17.4 Å². The summed E-state index contributed by atoms with van der Waals surface area (Å²) in [6.07, 6.45) is 0.00472. The van der Waals surface area contributed by atoms with Gasteiger partial charge in [0.25, 0.3) is 0 Å². The highest BCUT2D eigenvalue weighted by atomic mass is 32.2. The first-order valence-corrected chi connectivity index (χ1v) is 14.4. The Bertz CT molecular complexity index is 1200. The van der Waals surface area contributed by atoms with Crippen molar-refractivity contribution in [3.05, 3.63) is 24.3 Å². The molecule has 5 N–H and O–H groups in total. The summed E-state index contributed by atoms with van der Waals surface area (Å²) in [6, 6.07) is 0.293. The monoisotopic (exact) mass is 607 g/mol. The number of hydrazone groups is 1. The van der Waals surface area contributed by atoms with Crippen LogP contribution in [0.15, 0.2) is 34.3 Å². The summed E-state index contributed by atoms with van der Waals surface area (Å²) in [5, 5.41) is 6.13. The average molecular weight is 608 g/mol. The number of sulfonamides is 1. The second-order valence-corrected chi connectivity index (χ2v) is 12.3. The zero-order valence-corrected chi connectivity index (χ0v) is 23.8. The Kier molecular flexibility index (Phi) is 11.9. The minimum absolute atomic E-state index is 0.00315. The SMILES string of the molecule is CC(C)(C)OC(=O)C[C@@H](/C=N/NC(N)=O)NC(=O)[C@H](CC1CCCCC1)NS(=O)(=O)c1cccc(OC(F)(F)F)c1. The topological polar surface area (TPSA) is 178 Å². The molecule has 1 aromatic carbocycles. The lowest BCUT2D eigenvalue weighted by Gasteiger charge is -2.28. The number of ether oxygens (including phenoxy) is 2. The van der Waals surface area contributed by atoms with E-state index >= 15 is 0 Å². The van der Waals surface area contributed by atoms with Crippen molar-refractivity contribution < 1.29 is 45.4 Å². The zero-order chi connectivity index (χ0) is 30.8. The Morgan fingerprint density at radius 2 is 1.80 bits per heavy atom. The molecule has 41 heavy (non-hydrogen) atoms. The van der Waals surface area contributed by atoms with Gasteiger partial charge in [-0.3, -0.25) is 9.59 Å². The third-order valence-corrected chi connectivity index (χ3v) is 7.29. The van der Waals surface area contributed by atoms with Crippen LogP contribution in [0.4, 0.5) is 18.0 Å². The molecule has 0 aromatic heterocycles. The standard InChI is InChI=1S/C25H36F3N5O7S/c1-24(2,3)40-21(34)13-17(15-30-32-23(29)36)31-22(35)20(12-16-8-5-4-6-9-16)33-41(37,38)19-11-7-10-18(14-19)39-25(26,27)28/h7,10-11,14-17,20,33H,4-6,8-9,12-13H2,1-3H3,(H,31,35)(H3,29,32,36)/b30-15+/t17-,20-/m0/s1. The third kappa shape index (κ3) is 13.2. The summed E-state index contributed by atoms with van der Waals surface area (Å²) >= 11 is 0. The molecule has 0 heterocycles. The minimum atomic E-state index is -5.03. The van der Waals surface area contributed by atoms with Gasteiger partial charge in [-0.1, -0.05) is 38.2 Å². The van der Waals surface area contributed by atoms with Crippen LogP contribution in [0.3, 0.4) is 0 Å². The van der Waals surface area contributed by atoms with Crippen molar-refractivity contribution in [3.8, 4) is 5.75 Å². The highest BCUT2D eigenvalue weighted by Crippen LogP contribution is 2.29. The Labute approximate surface area is 236 Å². The predicted octanol–water partition coefficient (Wildman–Crippen LogP) is 3.07. The number of amides is 3. The second-order valence-electron chi connectivity index (χ2n) is 10.6. The van der Waals surface area contributed by atoms with E-state index in [-0.39, 0.29) is 12.3 Å². The molecule has 16 heteroatoms. The summed E-state index contributed by atoms with van der Waals surface area (Å²) in [6.45, 7) is 4.93. The number of nitrogens with zero attached hydrogens (tertiary/aromatic N) is 1. The van der Waals surface area contributed by atoms with Crippen LogP contribution in [0.1, 0.15) is 65.7 Å². The molecule has 1 saturated carbocycles. The van der Waals surface area contributed by atoms with E-state index in [4.69, 9.17) is 10.5 Å². The van der Waals surface area contributed by atoms with Gasteiger partial charge in [0.2, 0.25) is 15.9 Å². The highest BCUT2D eigenvalue weighted by molar-refractivity contribution is 7.89. The van der Waals surface area contributed by atoms with Crippen molar-refractivity contribution in [2.45, 2.75) is 94.7 Å². The normalized spacial score (nSPS) is 16.5. The molecule has 0 saturated heterocycles. The lowest BCUT2D eigenvalue weighted by Crippen LogP contribution is -2.51. The van der Waals surface area contributed by atoms with Gasteiger partial charge in [-0.05, 0) is 45.2 Å². The van der Waals surface area contributed by atoms with Crippen molar-refractivity contribution >= 4 is 34.1 Å². The van der Waals surface area contributed by atoms with Gasteiger partial charge in [0.05, 0.1) is 17.4 Å². The number of carbonyl (C=O) groups excluding carboxylic acids is 3. The first-order valence-electron chi connectivity index (χ1n) is 12.9. The Morgan fingerprint density at radius 1 is 1.15 bits per heavy atom. The van der Waals surface area contributed by atoms with Crippen LogP contribution in [0.25, 0.3) is 0 Å². The van der Waals surface area contributed by atoms with Gasteiger partial charge in [-0.2, -0.15) is 9.82 Å². The first kappa shape index (κ1) is 33.8. The molecular formula is C25H36F3N5O7S. The first-order chi connectivity index (χ1) is 18.9. The number of carbonyl (C=O) groups is 3. The van der Waals surface area contributed by atoms with Gasteiger partial charge >= 0.3 is 18.4 Å². The summed E-state index contributed by atoms with van der Waals surface area (Å²) in [5.74, 6) is -2.28. The van der Waals surface area contributed by atoms with E-state index < -0.39 is 69.0 Å². The molecule has 3 amide bonds. The van der Waals surface area contributed by atoms with Crippen LogP contribution in [0.5, 0.6) is 5.75 Å². The lowest BCUT2D eigenvalue weighted by atomic mass is 9.85. The van der Waals surface area contributed by atoms with Gasteiger partial charge in [0, 0.05) is 12.3 Å². The van der Waals surface area contributed by atoms with Gasteiger partial charge in [0.15, 0.2) is 0 Å². The quantitative estimate of drug-likeness (QED) is 0.160. The average Bonchev–Trinajstić information content (AvgIpc) is 2.81. The molecule has 12 nitrogen and oxygen atoms in total. The maximum atomic E-state index is 13.4. The van der Waals surface area contributed by atoms with Crippen molar-refractivity contribution in [2.24, 2.45) is 16.8 Å². The van der Waals surface area contributed by atoms with Crippen LogP contribution >= 0.6 is 0 Å². The summed E-state index contributed by atoms with van der Waals surface area (Å²) in [5.41, 5.74) is 6.11. The number of hydrogen-bond donors (Lipinski definition) is 4. The Hall–Kier alpha value is -3.40. The number of rotatable bonds is 12. The smallest absolute Gasteiger partial charge is 0.460 e. The molecule has 2 rings (SSSR count). The van der Waals surface area contributed by atoms with Crippen molar-refractivity contribution in [2.75, 3.05) is 0 Å². The van der Waals surface area contributed by atoms with Gasteiger partial charge in [-0.25, -0.2) is 18.6 Å². The fourth-order valence-electron chi connectivity index (χ4n) is 4.24. The lowest BCUT2D eigenvalue weighted by molar-refractivity contribution is -0.274. The second kappa shape index (κ2) is 14.5. The number of esters is 1. The molecule has 1 fully saturated rings. The molecule has 0 radical (unpaired) electrons. The minimum Gasteiger partial charge on any atom is -0.460 e. The van der Waals surface area contributed by atoms with E-state index in [0.717, 1.165) is 56.5 Å². The maximum Gasteiger partial charge on any atom is 0.573 e. The predicted molar refractivity (Wildman–Crippen MR) is 142 cm³/mol. The van der Waals surface area contributed by atoms with Crippen molar-refractivity contribution in [1.82, 2.24) is 15.5 Å². The number of benzene rings is 1. The van der Waals surface area contributed by atoms with Crippen LogP contribution < -0.4 is 25.9 Å². The van der Waals surface area contributed by atoms with E-state index in [1.54, 1.807) is 20.8 Å². The van der Waals surface area contributed by atoms with Gasteiger partial charge in [-0.15, -0.1) is 13.2 Å². The number of nitrogens with two attached hydrogens (primary N) is 1. The number of nitrogens with one attached hydrogen (secondary N) is 3. The van der Waals surface area contributed by atoms with E-state index in [0.29, 0.717) is 6.07 Å². The molecule has 0 spiro atoms. The van der Waals surface area contributed by atoms with Crippen molar-refractivity contribution in [3.63, 3.8) is 0 Å². The fraction of sp³-hybridized carbons (Fsp3) is 0.600. The largest absolute Gasteiger partial charge is 0.573 e. The molecule has 0 aliphatic heterocycles. The number of halogens is 3. The fourth-order valence-corrected chi connectivity index (χ4v) is 5.48. The molecule has 1 aliphatic rings. The number of urea groups is 1. The van der Waals surface area contributed by atoms with Crippen LogP contribution in [0, 0.1) is 5.92 Å². The van der Waals surface area contributed by atoms with E-state index in [1.165, 1.54) is 0 Å². The third-order valence-electron chi connectivity index (χ3n) is 5.82. The maximum absolute atomic E-state index is 13.4. The highest BCUT2D eigenvalue weighted by Gasteiger charge is 2.33. The number of hydrogen-bond acceptors (Lipinski definition) is 8. The van der Waals surface area contributed by atoms with Crippen LogP contribution in [-0.4, -0.2) is 56.6 Å². The van der Waals surface area contributed by atoms with E-state index in [9.17, 15) is 36.0 Å². The zero-order valence-electron chi connectivity index (χ0n) is 23.0. The molecular weight excluding hydrogens is 571 g/mol. The summed E-state index contributed by atoms with van der Waals surface area (Å²) in [4.78, 5) is 36.3. The van der Waals surface area contributed by atoms with Crippen LogP contribution in [0.2, 0.25) is 0 Å². The molecule has 230 valence electrons. The molecule has 0 bridgehead atoms. The van der Waals surface area contributed by atoms with Gasteiger partial charge < -0.3 is 20.5 Å². The van der Waals surface area contributed by atoms with Crippen LogP contribution in [-0.2, 0) is 24.3 Å².